The minimum Gasteiger partial charge on any atom is -0.496 e. The maximum atomic E-state index is 8.74. The zero-order valence-corrected chi connectivity index (χ0v) is 12.9. The third kappa shape index (κ3) is 4.24. The number of para-hydroxylation sites is 1. The molecular weight excluding hydrogens is 276 g/mol. The summed E-state index contributed by atoms with van der Waals surface area (Å²) in [6.45, 7) is 3.38. The van der Waals surface area contributed by atoms with Crippen LogP contribution in [0.1, 0.15) is 24.1 Å². The number of hydrogen-bond donors (Lipinski definition) is 1. The third-order valence-corrected chi connectivity index (χ3v) is 3.41. The van der Waals surface area contributed by atoms with E-state index < -0.39 is 0 Å². The lowest BCUT2D eigenvalue weighted by Crippen LogP contribution is -2.24. The second-order valence-electron chi connectivity index (χ2n) is 4.90. The van der Waals surface area contributed by atoms with Crippen molar-refractivity contribution in [2.45, 2.75) is 13.0 Å². The number of nitriles is 1. The number of methoxy groups -OCH3 is 1. The van der Waals surface area contributed by atoms with Gasteiger partial charge in [-0.25, -0.2) is 0 Å². The Hall–Kier alpha value is -2.51. The van der Waals surface area contributed by atoms with Gasteiger partial charge < -0.3 is 14.8 Å². The largest absolute Gasteiger partial charge is 0.496 e. The van der Waals surface area contributed by atoms with Crippen LogP contribution >= 0.6 is 0 Å². The molecule has 1 atom stereocenters. The van der Waals surface area contributed by atoms with E-state index in [2.05, 4.69) is 24.4 Å². The summed E-state index contributed by atoms with van der Waals surface area (Å²) in [4.78, 5) is 0. The van der Waals surface area contributed by atoms with Crippen molar-refractivity contribution < 1.29 is 9.47 Å². The van der Waals surface area contributed by atoms with Gasteiger partial charge in [-0.1, -0.05) is 18.2 Å². The molecule has 0 saturated carbocycles. The van der Waals surface area contributed by atoms with Gasteiger partial charge in [0.15, 0.2) is 0 Å². The normalized spacial score (nSPS) is 11.5. The van der Waals surface area contributed by atoms with Gasteiger partial charge >= 0.3 is 0 Å². The summed E-state index contributed by atoms with van der Waals surface area (Å²) in [5.41, 5.74) is 1.76. The molecule has 0 bridgehead atoms. The minimum atomic E-state index is 0.181. The summed E-state index contributed by atoms with van der Waals surface area (Å²) >= 11 is 0. The molecular formula is C18H20N2O2. The molecule has 0 heterocycles. The quantitative estimate of drug-likeness (QED) is 0.797. The lowest BCUT2D eigenvalue weighted by Gasteiger charge is -2.17. The molecule has 0 fully saturated rings. The summed E-state index contributed by atoms with van der Waals surface area (Å²) in [5, 5.41) is 12.2. The highest BCUT2D eigenvalue weighted by Crippen LogP contribution is 2.24. The molecule has 0 spiro atoms. The Morgan fingerprint density at radius 3 is 2.55 bits per heavy atom. The third-order valence-electron chi connectivity index (χ3n) is 3.41. The van der Waals surface area contributed by atoms with Crippen molar-refractivity contribution >= 4 is 0 Å². The molecule has 2 rings (SSSR count). The summed E-state index contributed by atoms with van der Waals surface area (Å²) in [6.07, 6.45) is 0. The van der Waals surface area contributed by atoms with E-state index in [1.807, 2.05) is 30.3 Å². The van der Waals surface area contributed by atoms with Crippen LogP contribution in [0.5, 0.6) is 11.5 Å². The van der Waals surface area contributed by atoms with Gasteiger partial charge in [-0.15, -0.1) is 0 Å². The lowest BCUT2D eigenvalue weighted by molar-refractivity contribution is 0.306. The molecule has 1 N–H and O–H groups in total. The van der Waals surface area contributed by atoms with Crippen molar-refractivity contribution in [2.24, 2.45) is 0 Å². The standard InChI is InChI=1S/C18H20N2O2/c1-14(17-5-3-4-6-18(17)21-2)20-11-12-22-16-9-7-15(13-19)8-10-16/h3-10,14,20H,11-12H2,1-2H3. The molecule has 0 aliphatic carbocycles. The van der Waals surface area contributed by atoms with Crippen molar-refractivity contribution in [2.75, 3.05) is 20.3 Å². The van der Waals surface area contributed by atoms with E-state index in [1.54, 1.807) is 19.2 Å². The van der Waals surface area contributed by atoms with E-state index >= 15 is 0 Å². The molecule has 0 radical (unpaired) electrons. The van der Waals surface area contributed by atoms with Gasteiger partial charge in [-0.3, -0.25) is 0 Å². The number of nitrogens with one attached hydrogen (secondary N) is 1. The monoisotopic (exact) mass is 296 g/mol. The van der Waals surface area contributed by atoms with Crippen LogP contribution in [0.4, 0.5) is 0 Å². The zero-order chi connectivity index (χ0) is 15.8. The highest BCUT2D eigenvalue weighted by atomic mass is 16.5. The molecule has 22 heavy (non-hydrogen) atoms. The van der Waals surface area contributed by atoms with Crippen molar-refractivity contribution in [1.82, 2.24) is 5.32 Å². The molecule has 0 aliphatic rings. The Balaban J connectivity index is 1.79. The van der Waals surface area contributed by atoms with Crippen LogP contribution in [0.25, 0.3) is 0 Å². The molecule has 2 aromatic rings. The SMILES string of the molecule is COc1ccccc1C(C)NCCOc1ccc(C#N)cc1. The number of rotatable bonds is 7. The number of hydrogen-bond acceptors (Lipinski definition) is 4. The maximum absolute atomic E-state index is 8.74. The average Bonchev–Trinajstić information content (AvgIpc) is 2.59. The molecule has 114 valence electrons. The summed E-state index contributed by atoms with van der Waals surface area (Å²) in [7, 11) is 1.68. The van der Waals surface area contributed by atoms with Gasteiger partial charge in [0.1, 0.15) is 18.1 Å². The summed E-state index contributed by atoms with van der Waals surface area (Å²) in [5.74, 6) is 1.65. The fourth-order valence-corrected chi connectivity index (χ4v) is 2.20. The van der Waals surface area contributed by atoms with Gasteiger partial charge in [0.25, 0.3) is 0 Å². The smallest absolute Gasteiger partial charge is 0.123 e. The Morgan fingerprint density at radius 2 is 1.86 bits per heavy atom. The molecule has 0 amide bonds. The molecule has 4 nitrogen and oxygen atoms in total. The van der Waals surface area contributed by atoms with Crippen LogP contribution in [-0.4, -0.2) is 20.3 Å². The molecule has 0 aromatic heterocycles. The van der Waals surface area contributed by atoms with Gasteiger partial charge in [0.05, 0.1) is 18.7 Å². The molecule has 0 saturated heterocycles. The Morgan fingerprint density at radius 1 is 1.14 bits per heavy atom. The fourth-order valence-electron chi connectivity index (χ4n) is 2.20. The second-order valence-corrected chi connectivity index (χ2v) is 4.90. The summed E-state index contributed by atoms with van der Waals surface area (Å²) < 4.78 is 11.0. The Bertz CT molecular complexity index is 632. The molecule has 2 aromatic carbocycles. The first kappa shape index (κ1) is 15.9. The van der Waals surface area contributed by atoms with Gasteiger partial charge in [-0.2, -0.15) is 5.26 Å². The van der Waals surface area contributed by atoms with Crippen LogP contribution < -0.4 is 14.8 Å². The highest BCUT2D eigenvalue weighted by Gasteiger charge is 2.09. The Labute approximate surface area is 131 Å². The van der Waals surface area contributed by atoms with E-state index in [4.69, 9.17) is 14.7 Å². The minimum absolute atomic E-state index is 0.181. The van der Waals surface area contributed by atoms with Gasteiger partial charge in [0.2, 0.25) is 0 Å². The van der Waals surface area contributed by atoms with Crippen LogP contribution in [0, 0.1) is 11.3 Å². The van der Waals surface area contributed by atoms with Crippen molar-refractivity contribution in [3.63, 3.8) is 0 Å². The lowest BCUT2D eigenvalue weighted by atomic mass is 10.1. The molecule has 0 aliphatic heterocycles. The van der Waals surface area contributed by atoms with E-state index in [0.717, 1.165) is 23.6 Å². The topological polar surface area (TPSA) is 54.3 Å². The van der Waals surface area contributed by atoms with E-state index in [-0.39, 0.29) is 6.04 Å². The predicted molar refractivity (Wildman–Crippen MR) is 86.1 cm³/mol. The first-order valence-corrected chi connectivity index (χ1v) is 7.24. The summed E-state index contributed by atoms with van der Waals surface area (Å²) in [6, 6.07) is 17.4. The molecule has 4 heteroatoms. The van der Waals surface area contributed by atoms with Crippen LogP contribution in [0.2, 0.25) is 0 Å². The van der Waals surface area contributed by atoms with Crippen molar-refractivity contribution in [1.29, 1.82) is 5.26 Å². The van der Waals surface area contributed by atoms with E-state index in [9.17, 15) is 0 Å². The number of nitrogens with zero attached hydrogens (tertiary/aromatic N) is 1. The number of ether oxygens (including phenoxy) is 2. The zero-order valence-electron chi connectivity index (χ0n) is 12.9. The first-order valence-electron chi connectivity index (χ1n) is 7.24. The number of benzene rings is 2. The van der Waals surface area contributed by atoms with Crippen molar-refractivity contribution in [3.05, 3.63) is 59.7 Å². The van der Waals surface area contributed by atoms with Crippen LogP contribution in [0.3, 0.4) is 0 Å². The Kier molecular flexibility index (Phi) is 5.81. The average molecular weight is 296 g/mol. The van der Waals surface area contributed by atoms with E-state index in [1.165, 1.54) is 0 Å². The predicted octanol–water partition coefficient (Wildman–Crippen LogP) is 3.30. The fraction of sp³-hybridized carbons (Fsp3) is 0.278. The van der Waals surface area contributed by atoms with Gasteiger partial charge in [-0.05, 0) is 37.3 Å². The van der Waals surface area contributed by atoms with Crippen LogP contribution in [-0.2, 0) is 0 Å². The van der Waals surface area contributed by atoms with Crippen molar-refractivity contribution in [3.8, 4) is 17.6 Å². The van der Waals surface area contributed by atoms with Crippen LogP contribution in [0.15, 0.2) is 48.5 Å². The first-order chi connectivity index (χ1) is 10.7. The highest BCUT2D eigenvalue weighted by molar-refractivity contribution is 5.36. The van der Waals surface area contributed by atoms with E-state index in [0.29, 0.717) is 12.2 Å². The van der Waals surface area contributed by atoms with Gasteiger partial charge in [0, 0.05) is 18.2 Å². The molecule has 1 unspecified atom stereocenters. The maximum Gasteiger partial charge on any atom is 0.123 e. The second kappa shape index (κ2) is 8.06.